The topological polar surface area (TPSA) is 57.6 Å². The lowest BCUT2D eigenvalue weighted by Crippen LogP contribution is -2.44. The zero-order valence-corrected chi connectivity index (χ0v) is 10.4. The van der Waals surface area contributed by atoms with Crippen LogP contribution in [0.2, 0.25) is 0 Å². The normalized spacial score (nSPS) is 33.7. The molecule has 0 aromatic rings. The molecule has 1 amide bonds. The van der Waals surface area contributed by atoms with E-state index in [1.807, 2.05) is 4.90 Å². The number of hydrogen-bond acceptors (Lipinski definition) is 2. The Labute approximate surface area is 102 Å². The minimum absolute atomic E-state index is 0.0847. The lowest BCUT2D eigenvalue weighted by molar-refractivity contribution is -0.149. The molecule has 3 atom stereocenters. The Morgan fingerprint density at radius 3 is 2.47 bits per heavy atom. The first-order valence-electron chi connectivity index (χ1n) is 6.61. The number of carbonyl (C=O) groups excluding carboxylic acids is 1. The molecule has 0 aromatic heterocycles. The van der Waals surface area contributed by atoms with Crippen LogP contribution in [-0.4, -0.2) is 35.0 Å². The molecule has 2 rings (SSSR count). The van der Waals surface area contributed by atoms with Crippen molar-refractivity contribution in [1.29, 1.82) is 0 Å². The van der Waals surface area contributed by atoms with E-state index in [4.69, 9.17) is 5.11 Å². The number of likely N-dealkylation sites (tertiary alicyclic amines) is 1. The van der Waals surface area contributed by atoms with E-state index in [1.165, 1.54) is 6.42 Å². The minimum atomic E-state index is -0.800. The van der Waals surface area contributed by atoms with Gasteiger partial charge in [0.1, 0.15) is 0 Å². The summed E-state index contributed by atoms with van der Waals surface area (Å²) in [5.41, 5.74) is 0. The summed E-state index contributed by atoms with van der Waals surface area (Å²) in [6, 6.07) is 0. The molecule has 1 saturated heterocycles. The van der Waals surface area contributed by atoms with E-state index in [2.05, 4.69) is 6.92 Å². The van der Waals surface area contributed by atoms with Crippen molar-refractivity contribution in [3.05, 3.63) is 0 Å². The van der Waals surface area contributed by atoms with E-state index >= 15 is 0 Å². The van der Waals surface area contributed by atoms with Gasteiger partial charge in [-0.1, -0.05) is 13.3 Å². The summed E-state index contributed by atoms with van der Waals surface area (Å²) in [5, 5.41) is 9.11. The maximum atomic E-state index is 12.3. The van der Waals surface area contributed by atoms with Crippen LogP contribution in [-0.2, 0) is 9.59 Å². The van der Waals surface area contributed by atoms with Crippen LogP contribution >= 0.6 is 0 Å². The Kier molecular flexibility index (Phi) is 3.69. The maximum Gasteiger partial charge on any atom is 0.307 e. The molecule has 3 unspecified atom stereocenters. The molecule has 1 heterocycles. The molecule has 1 aliphatic carbocycles. The Balaban J connectivity index is 2.01. The fraction of sp³-hybridized carbons (Fsp3) is 0.846. The zero-order valence-electron chi connectivity index (χ0n) is 10.4. The van der Waals surface area contributed by atoms with Gasteiger partial charge < -0.3 is 10.0 Å². The van der Waals surface area contributed by atoms with Crippen molar-refractivity contribution in [2.24, 2.45) is 17.8 Å². The monoisotopic (exact) mass is 239 g/mol. The smallest absolute Gasteiger partial charge is 0.307 e. The van der Waals surface area contributed by atoms with Crippen LogP contribution in [0.15, 0.2) is 0 Å². The van der Waals surface area contributed by atoms with E-state index in [0.717, 1.165) is 32.4 Å². The molecule has 1 aliphatic heterocycles. The van der Waals surface area contributed by atoms with Gasteiger partial charge in [-0.25, -0.2) is 0 Å². The minimum Gasteiger partial charge on any atom is -0.481 e. The van der Waals surface area contributed by atoms with Crippen molar-refractivity contribution >= 4 is 11.9 Å². The third-order valence-electron chi connectivity index (χ3n) is 4.12. The van der Waals surface area contributed by atoms with Gasteiger partial charge in [0.05, 0.1) is 11.8 Å². The summed E-state index contributed by atoms with van der Waals surface area (Å²) in [6.07, 6.45) is 4.51. The molecular weight excluding hydrogens is 218 g/mol. The number of nitrogens with zero attached hydrogens (tertiary/aromatic N) is 1. The number of carbonyl (C=O) groups is 2. The molecule has 17 heavy (non-hydrogen) atoms. The van der Waals surface area contributed by atoms with Crippen molar-refractivity contribution in [3.8, 4) is 0 Å². The first kappa shape index (κ1) is 12.4. The van der Waals surface area contributed by atoms with Crippen LogP contribution in [0.25, 0.3) is 0 Å². The third kappa shape index (κ3) is 2.61. The first-order valence-corrected chi connectivity index (χ1v) is 6.61. The second kappa shape index (κ2) is 5.07. The molecule has 0 aromatic carbocycles. The second-order valence-corrected chi connectivity index (χ2v) is 5.51. The van der Waals surface area contributed by atoms with E-state index in [-0.39, 0.29) is 11.8 Å². The van der Waals surface area contributed by atoms with Gasteiger partial charge >= 0.3 is 5.97 Å². The van der Waals surface area contributed by atoms with Crippen molar-refractivity contribution < 1.29 is 14.7 Å². The highest BCUT2D eigenvalue weighted by atomic mass is 16.4. The number of carboxylic acid groups (broad SMARTS) is 1. The highest BCUT2D eigenvalue weighted by Gasteiger charge is 2.40. The Bertz CT molecular complexity index is 316. The first-order chi connectivity index (χ1) is 8.09. The average Bonchev–Trinajstić information content (AvgIpc) is 2.77. The van der Waals surface area contributed by atoms with Crippen LogP contribution in [0.3, 0.4) is 0 Å². The van der Waals surface area contributed by atoms with Crippen LogP contribution in [0.5, 0.6) is 0 Å². The molecule has 4 nitrogen and oxygen atoms in total. The number of carboxylic acids is 1. The Morgan fingerprint density at radius 1 is 1.12 bits per heavy atom. The highest BCUT2D eigenvalue weighted by Crippen LogP contribution is 2.34. The van der Waals surface area contributed by atoms with Crippen molar-refractivity contribution in [2.75, 3.05) is 13.1 Å². The molecule has 1 saturated carbocycles. The predicted molar refractivity (Wildman–Crippen MR) is 63.4 cm³/mol. The van der Waals surface area contributed by atoms with Gasteiger partial charge in [0, 0.05) is 13.1 Å². The van der Waals surface area contributed by atoms with E-state index in [1.54, 1.807) is 0 Å². The molecule has 96 valence electrons. The van der Waals surface area contributed by atoms with Gasteiger partial charge in [0.15, 0.2) is 0 Å². The lowest BCUT2D eigenvalue weighted by Gasteiger charge is -2.33. The largest absolute Gasteiger partial charge is 0.481 e. The van der Waals surface area contributed by atoms with Crippen LogP contribution in [0.1, 0.15) is 39.0 Å². The van der Waals surface area contributed by atoms with E-state index in [0.29, 0.717) is 12.3 Å². The zero-order chi connectivity index (χ0) is 12.4. The van der Waals surface area contributed by atoms with Crippen molar-refractivity contribution in [2.45, 2.75) is 39.0 Å². The molecule has 1 N–H and O–H groups in total. The SMILES string of the molecule is CC1CCCN(C(=O)C2CCCC2C(=O)O)C1. The number of aliphatic carboxylic acids is 1. The standard InChI is InChI=1S/C13H21NO3/c1-9-4-3-7-14(8-9)12(15)10-5-2-6-11(10)13(16)17/h9-11H,2-8H2,1H3,(H,16,17). The number of rotatable bonds is 2. The van der Waals surface area contributed by atoms with Gasteiger partial charge in [-0.3, -0.25) is 9.59 Å². The maximum absolute atomic E-state index is 12.3. The Morgan fingerprint density at radius 2 is 1.82 bits per heavy atom. The molecule has 0 radical (unpaired) electrons. The molecule has 0 bridgehead atoms. The van der Waals surface area contributed by atoms with Gasteiger partial charge in [-0.05, 0) is 31.6 Å². The number of amides is 1. The summed E-state index contributed by atoms with van der Waals surface area (Å²) in [7, 11) is 0. The quantitative estimate of drug-likeness (QED) is 0.798. The summed E-state index contributed by atoms with van der Waals surface area (Å²) in [4.78, 5) is 25.3. The van der Waals surface area contributed by atoms with Crippen molar-refractivity contribution in [1.82, 2.24) is 4.90 Å². The van der Waals surface area contributed by atoms with Crippen LogP contribution < -0.4 is 0 Å². The van der Waals surface area contributed by atoms with E-state index < -0.39 is 11.9 Å². The number of piperidine rings is 1. The van der Waals surface area contributed by atoms with E-state index in [9.17, 15) is 9.59 Å². The predicted octanol–water partition coefficient (Wildman–Crippen LogP) is 1.75. The Hall–Kier alpha value is -1.06. The van der Waals surface area contributed by atoms with Gasteiger partial charge in [0.2, 0.25) is 5.91 Å². The molecular formula is C13H21NO3. The second-order valence-electron chi connectivity index (χ2n) is 5.51. The van der Waals surface area contributed by atoms with Gasteiger partial charge in [0.25, 0.3) is 0 Å². The highest BCUT2D eigenvalue weighted by molar-refractivity contribution is 5.85. The van der Waals surface area contributed by atoms with Crippen LogP contribution in [0, 0.1) is 17.8 Å². The molecule has 0 spiro atoms. The van der Waals surface area contributed by atoms with Crippen LogP contribution in [0.4, 0.5) is 0 Å². The van der Waals surface area contributed by atoms with Gasteiger partial charge in [-0.2, -0.15) is 0 Å². The summed E-state index contributed by atoms with van der Waals surface area (Å²) >= 11 is 0. The molecule has 2 fully saturated rings. The average molecular weight is 239 g/mol. The fourth-order valence-electron chi connectivity index (χ4n) is 3.18. The number of hydrogen-bond donors (Lipinski definition) is 1. The summed E-state index contributed by atoms with van der Waals surface area (Å²) in [6.45, 7) is 3.77. The summed E-state index contributed by atoms with van der Waals surface area (Å²) < 4.78 is 0. The molecule has 4 heteroatoms. The molecule has 2 aliphatic rings. The van der Waals surface area contributed by atoms with Crippen molar-refractivity contribution in [3.63, 3.8) is 0 Å². The third-order valence-corrected chi connectivity index (χ3v) is 4.12. The summed E-state index contributed by atoms with van der Waals surface area (Å²) in [5.74, 6) is -0.873. The van der Waals surface area contributed by atoms with Gasteiger partial charge in [-0.15, -0.1) is 0 Å². The lowest BCUT2D eigenvalue weighted by atomic mass is 9.92. The fourth-order valence-corrected chi connectivity index (χ4v) is 3.18.